The molecule has 0 unspecified atom stereocenters. The van der Waals surface area contributed by atoms with Crippen LogP contribution in [0.4, 0.5) is 10.6 Å². The van der Waals surface area contributed by atoms with Gasteiger partial charge in [-0.05, 0) is 13.8 Å². The number of hydrogen-bond acceptors (Lipinski definition) is 4. The van der Waals surface area contributed by atoms with Gasteiger partial charge in [-0.2, -0.15) is 0 Å². The summed E-state index contributed by atoms with van der Waals surface area (Å²) < 4.78 is 16.6. The van der Waals surface area contributed by atoms with Crippen molar-refractivity contribution in [3.05, 3.63) is 11.8 Å². The highest BCUT2D eigenvalue weighted by Gasteiger charge is 2.35. The van der Waals surface area contributed by atoms with E-state index in [0.29, 0.717) is 24.7 Å². The van der Waals surface area contributed by atoms with E-state index in [2.05, 4.69) is 10.5 Å². The Kier molecular flexibility index (Phi) is 4.17. The third-order valence-corrected chi connectivity index (χ3v) is 5.27. The molecule has 2 heterocycles. The van der Waals surface area contributed by atoms with Gasteiger partial charge in [0.05, 0.1) is 4.75 Å². The number of nitrogens with zero attached hydrogens (tertiary/aromatic N) is 2. The van der Waals surface area contributed by atoms with E-state index in [1.807, 2.05) is 27.7 Å². The Hall–Kier alpha value is -1.37. The summed E-state index contributed by atoms with van der Waals surface area (Å²) in [6.45, 7) is 8.78. The summed E-state index contributed by atoms with van der Waals surface area (Å²) in [7, 11) is -0.892. The zero-order valence-corrected chi connectivity index (χ0v) is 13.1. The van der Waals surface area contributed by atoms with Crippen molar-refractivity contribution in [3.63, 3.8) is 0 Å². The molecule has 1 atom stereocenters. The van der Waals surface area contributed by atoms with E-state index in [1.54, 1.807) is 11.0 Å². The van der Waals surface area contributed by atoms with Gasteiger partial charge in [0, 0.05) is 41.6 Å². The minimum absolute atomic E-state index is 0.224. The fraction of sp³-hybridized carbons (Fsp3) is 0.692. The lowest BCUT2D eigenvalue weighted by Gasteiger charge is -2.36. The van der Waals surface area contributed by atoms with Crippen molar-refractivity contribution in [2.75, 3.05) is 24.2 Å². The first kappa shape index (κ1) is 15.0. The van der Waals surface area contributed by atoms with Crippen molar-refractivity contribution in [1.29, 1.82) is 0 Å². The molecule has 1 aromatic heterocycles. The number of carbonyl (C=O) groups excluding carboxylic acids is 1. The van der Waals surface area contributed by atoms with Crippen molar-refractivity contribution >= 4 is 22.6 Å². The van der Waals surface area contributed by atoms with Crippen LogP contribution in [-0.4, -0.2) is 43.9 Å². The zero-order valence-electron chi connectivity index (χ0n) is 12.3. The summed E-state index contributed by atoms with van der Waals surface area (Å²) in [5, 5.41) is 6.55. The molecule has 1 aromatic rings. The monoisotopic (exact) mass is 299 g/mol. The van der Waals surface area contributed by atoms with Crippen molar-refractivity contribution < 1.29 is 13.5 Å². The van der Waals surface area contributed by atoms with Gasteiger partial charge in [-0.3, -0.25) is 9.53 Å². The highest BCUT2D eigenvalue weighted by atomic mass is 32.2. The second-order valence-corrected chi connectivity index (χ2v) is 8.13. The van der Waals surface area contributed by atoms with Crippen molar-refractivity contribution in [3.8, 4) is 0 Å². The van der Waals surface area contributed by atoms with Crippen LogP contribution < -0.4 is 5.32 Å². The first-order valence-electron chi connectivity index (χ1n) is 6.70. The van der Waals surface area contributed by atoms with Crippen LogP contribution in [0.15, 0.2) is 10.6 Å². The number of rotatable bonds is 2. The van der Waals surface area contributed by atoms with E-state index < -0.39 is 10.8 Å². The predicted octanol–water partition coefficient (Wildman–Crippen LogP) is 2.17. The molecule has 20 heavy (non-hydrogen) atoms. The average molecular weight is 299 g/mol. The maximum Gasteiger partial charge on any atom is 0.323 e. The fourth-order valence-corrected chi connectivity index (χ4v) is 3.30. The first-order chi connectivity index (χ1) is 9.29. The van der Waals surface area contributed by atoms with E-state index in [1.165, 1.54) is 0 Å². The molecule has 0 saturated carbocycles. The quantitative estimate of drug-likeness (QED) is 0.908. The van der Waals surface area contributed by atoms with Gasteiger partial charge in [0.1, 0.15) is 5.76 Å². The molecule has 1 N–H and O–H groups in total. The Morgan fingerprint density at radius 3 is 2.80 bits per heavy atom. The number of urea groups is 1. The van der Waals surface area contributed by atoms with Gasteiger partial charge in [0.15, 0.2) is 5.82 Å². The number of amides is 2. The Labute approximate surface area is 121 Å². The van der Waals surface area contributed by atoms with Gasteiger partial charge in [-0.1, -0.05) is 19.0 Å². The minimum Gasteiger partial charge on any atom is -0.359 e. The lowest BCUT2D eigenvalue weighted by atomic mass is 10.2. The number of carbonyl (C=O) groups is 1. The standard InChI is InChI=1S/C13H21N3O3S/c1-9(2)10-7-11(15-19-10)14-12(17)16-5-6-20(18)13(3,4)8-16/h7,9H,5-6,8H2,1-4H3,(H,14,15,17)/t20-/m1/s1. The fourth-order valence-electron chi connectivity index (χ4n) is 2.06. The molecule has 1 aliphatic heterocycles. The summed E-state index contributed by atoms with van der Waals surface area (Å²) in [6, 6.07) is 1.51. The minimum atomic E-state index is -0.892. The summed E-state index contributed by atoms with van der Waals surface area (Å²) in [4.78, 5) is 13.8. The molecule has 1 aliphatic rings. The molecule has 0 aliphatic carbocycles. The molecule has 112 valence electrons. The number of anilines is 1. The van der Waals surface area contributed by atoms with Gasteiger partial charge in [-0.15, -0.1) is 0 Å². The Bertz CT molecular complexity index is 525. The summed E-state index contributed by atoms with van der Waals surface area (Å²) in [5.41, 5.74) is 0. The van der Waals surface area contributed by atoms with Gasteiger partial charge >= 0.3 is 6.03 Å². The highest BCUT2D eigenvalue weighted by molar-refractivity contribution is 7.86. The highest BCUT2D eigenvalue weighted by Crippen LogP contribution is 2.22. The van der Waals surface area contributed by atoms with Crippen molar-refractivity contribution in [2.24, 2.45) is 0 Å². The molecule has 7 heteroatoms. The largest absolute Gasteiger partial charge is 0.359 e. The van der Waals surface area contributed by atoms with Crippen LogP contribution in [0, 0.1) is 0 Å². The molecular weight excluding hydrogens is 278 g/mol. The van der Waals surface area contributed by atoms with Gasteiger partial charge in [0.25, 0.3) is 0 Å². The van der Waals surface area contributed by atoms with Crippen molar-refractivity contribution in [2.45, 2.75) is 38.4 Å². The second-order valence-electron chi connectivity index (χ2n) is 5.93. The molecule has 6 nitrogen and oxygen atoms in total. The lowest BCUT2D eigenvalue weighted by molar-refractivity contribution is 0.207. The summed E-state index contributed by atoms with van der Waals surface area (Å²) >= 11 is 0. The van der Waals surface area contributed by atoms with Crippen LogP contribution in [0.3, 0.4) is 0 Å². The second kappa shape index (κ2) is 5.55. The Morgan fingerprint density at radius 2 is 2.25 bits per heavy atom. The maximum atomic E-state index is 12.2. The number of nitrogens with one attached hydrogen (secondary N) is 1. The molecule has 2 rings (SSSR count). The molecule has 0 radical (unpaired) electrons. The topological polar surface area (TPSA) is 75.4 Å². The average Bonchev–Trinajstić information content (AvgIpc) is 2.81. The van der Waals surface area contributed by atoms with E-state index in [-0.39, 0.29) is 16.7 Å². The van der Waals surface area contributed by atoms with Crippen LogP contribution in [0.25, 0.3) is 0 Å². The van der Waals surface area contributed by atoms with Crippen LogP contribution in [0.5, 0.6) is 0 Å². The predicted molar refractivity (Wildman–Crippen MR) is 78.3 cm³/mol. The molecular formula is C13H21N3O3S. The van der Waals surface area contributed by atoms with Crippen LogP contribution in [0.1, 0.15) is 39.4 Å². The molecule has 0 spiro atoms. The Balaban J connectivity index is 1.99. The molecule has 2 amide bonds. The molecule has 1 fully saturated rings. The van der Waals surface area contributed by atoms with Crippen LogP contribution in [-0.2, 0) is 10.8 Å². The third-order valence-electron chi connectivity index (χ3n) is 3.35. The smallest absolute Gasteiger partial charge is 0.323 e. The Morgan fingerprint density at radius 1 is 1.55 bits per heavy atom. The van der Waals surface area contributed by atoms with Crippen molar-refractivity contribution in [1.82, 2.24) is 10.1 Å². The molecule has 1 saturated heterocycles. The van der Waals surface area contributed by atoms with Crippen LogP contribution in [0.2, 0.25) is 0 Å². The molecule has 0 bridgehead atoms. The summed E-state index contributed by atoms with van der Waals surface area (Å²) in [5.74, 6) is 1.89. The zero-order chi connectivity index (χ0) is 14.9. The van der Waals surface area contributed by atoms with Gasteiger partial charge in [0.2, 0.25) is 0 Å². The lowest BCUT2D eigenvalue weighted by Crippen LogP contribution is -2.53. The first-order valence-corrected chi connectivity index (χ1v) is 8.02. The van der Waals surface area contributed by atoms with E-state index in [4.69, 9.17) is 4.52 Å². The summed E-state index contributed by atoms with van der Waals surface area (Å²) in [6.07, 6.45) is 0. The maximum absolute atomic E-state index is 12.2. The van der Waals surface area contributed by atoms with Gasteiger partial charge < -0.3 is 9.42 Å². The normalized spacial score (nSPS) is 22.1. The van der Waals surface area contributed by atoms with E-state index in [0.717, 1.165) is 5.76 Å². The molecule has 0 aromatic carbocycles. The van der Waals surface area contributed by atoms with Gasteiger partial charge in [-0.25, -0.2) is 4.79 Å². The SMILES string of the molecule is CC(C)c1cc(NC(=O)N2CC[S@@](=O)C(C)(C)C2)no1. The van der Waals surface area contributed by atoms with E-state index in [9.17, 15) is 9.00 Å². The third kappa shape index (κ3) is 3.20. The van der Waals surface area contributed by atoms with E-state index >= 15 is 0 Å². The van der Waals surface area contributed by atoms with Crippen LogP contribution >= 0.6 is 0 Å². The number of hydrogen-bond donors (Lipinski definition) is 1. The number of aromatic nitrogens is 1.